The first-order valence-corrected chi connectivity index (χ1v) is 0.408. The predicted molar refractivity (Wildman–Crippen MR) is 9.93 cm³/mol. The van der Waals surface area contributed by atoms with E-state index in [0.29, 0.717) is 0 Å². The Morgan fingerprint density at radius 2 is 1.00 bits per heavy atom. The van der Waals surface area contributed by atoms with Crippen LogP contribution < -0.4 is 34.0 Å². The number of hydrogen-bond acceptors (Lipinski definition) is 0. The first-order valence-electron chi connectivity index (χ1n) is 0.408. The fourth-order valence-electron chi connectivity index (χ4n) is 0. The molecule has 0 unspecified atom stereocenters. The van der Waals surface area contributed by atoms with Gasteiger partial charge in [-0.15, -0.1) is 0 Å². The van der Waals surface area contributed by atoms with E-state index in [1.807, 2.05) is 0 Å². The molecule has 0 rings (SSSR count). The summed E-state index contributed by atoms with van der Waals surface area (Å²) in [6, 6.07) is 0. The van der Waals surface area contributed by atoms with Crippen LogP contribution in [0, 0.1) is 47.0 Å². The summed E-state index contributed by atoms with van der Waals surface area (Å²) >= 11 is 0. The van der Waals surface area contributed by atoms with Gasteiger partial charge in [0.15, 0.2) is 0 Å². The van der Waals surface area contributed by atoms with Crippen LogP contribution in [0.25, 0.3) is 0 Å². The zero-order valence-corrected chi connectivity index (χ0v) is 8.24. The van der Waals surface area contributed by atoms with Crippen LogP contribution in [0.4, 0.5) is 0 Å². The van der Waals surface area contributed by atoms with Gasteiger partial charge >= 0.3 is 40.4 Å². The van der Waals surface area contributed by atoms with Crippen LogP contribution in [0.1, 0.15) is 0 Å². The van der Waals surface area contributed by atoms with Crippen molar-refractivity contribution < 1.29 is 74.4 Å². The molecule has 5 heavy (non-hydrogen) atoms. The van der Waals surface area contributed by atoms with Gasteiger partial charge in [-0.1, -0.05) is 0 Å². The van der Waals surface area contributed by atoms with E-state index in [2.05, 4.69) is 13.2 Å². The van der Waals surface area contributed by atoms with Crippen LogP contribution in [0.15, 0.2) is 6.58 Å². The van der Waals surface area contributed by atoms with Crippen molar-refractivity contribution in [3.63, 3.8) is 0 Å². The maximum Gasteiger partial charge on any atom is 3.00 e. The molecule has 1 radical (unpaired) electrons. The van der Waals surface area contributed by atoms with E-state index in [-0.39, 0.29) is 74.4 Å². The molecule has 0 heterocycles. The molecule has 0 nitrogen and oxygen atoms in total. The molecule has 0 aromatic heterocycles. The Morgan fingerprint density at radius 3 is 1.00 bits per heavy atom. The smallest absolute Gasteiger partial charge is 1.00 e. The van der Waals surface area contributed by atoms with Gasteiger partial charge in [-0.25, -0.2) is 0 Å². The van der Waals surface area contributed by atoms with Crippen molar-refractivity contribution in [2.24, 2.45) is 0 Å². The van der Waals surface area contributed by atoms with Gasteiger partial charge in [-0.3, -0.25) is 6.58 Å². The Hall–Kier alpha value is 2.04. The summed E-state index contributed by atoms with van der Waals surface area (Å²) in [6.45, 7) is 7.00. The Labute approximate surface area is 86.0 Å². The molecule has 0 aromatic carbocycles. The Balaban J connectivity index is -0.00000000167. The summed E-state index contributed by atoms with van der Waals surface area (Å²) in [5.41, 5.74) is 0. The molecule has 0 N–H and O–H groups in total. The second-order valence-corrected chi connectivity index (χ2v) is 0. The fourth-order valence-corrected chi connectivity index (χ4v) is 0. The number of rotatable bonds is 0. The van der Waals surface area contributed by atoms with E-state index >= 15 is 0 Å². The molecular formula is C2H3Br2Sm. The Bertz CT molecular complexity index is 7.61. The molecule has 0 saturated carbocycles. The molecular weight excluding hydrogens is 334 g/mol. The summed E-state index contributed by atoms with van der Waals surface area (Å²) in [5, 5.41) is 0. The minimum absolute atomic E-state index is 0. The largest absolute Gasteiger partial charge is 3.00 e. The van der Waals surface area contributed by atoms with Gasteiger partial charge in [0.1, 0.15) is 0 Å². The van der Waals surface area contributed by atoms with Crippen molar-refractivity contribution in [2.45, 2.75) is 0 Å². The summed E-state index contributed by atoms with van der Waals surface area (Å²) < 4.78 is 0. The van der Waals surface area contributed by atoms with Crippen molar-refractivity contribution in [3.05, 3.63) is 13.2 Å². The molecule has 0 amide bonds. The van der Waals surface area contributed by atoms with Crippen LogP contribution in [-0.2, 0) is 0 Å². The molecule has 0 aliphatic heterocycles. The van der Waals surface area contributed by atoms with E-state index in [0.717, 1.165) is 0 Å². The third-order valence-electron chi connectivity index (χ3n) is 0. The average molecular weight is 337 g/mol. The molecule has 0 spiro atoms. The standard InChI is InChI=1S/C2H3.2BrH.Sm/c1-2;;;/h1H,2H2;2*1H;/q-1;;;+3/p-2. The van der Waals surface area contributed by atoms with Crippen LogP contribution in [0.3, 0.4) is 0 Å². The summed E-state index contributed by atoms with van der Waals surface area (Å²) in [6.07, 6.45) is 0. The van der Waals surface area contributed by atoms with Crippen LogP contribution in [0.2, 0.25) is 0 Å². The second kappa shape index (κ2) is 36.9. The van der Waals surface area contributed by atoms with Crippen molar-refractivity contribution in [2.75, 3.05) is 0 Å². The van der Waals surface area contributed by atoms with Crippen molar-refractivity contribution in [1.29, 1.82) is 0 Å². The third kappa shape index (κ3) is 23.7. The monoisotopic (exact) mass is 337 g/mol. The number of halogens is 2. The van der Waals surface area contributed by atoms with E-state index in [4.69, 9.17) is 0 Å². The zero-order chi connectivity index (χ0) is 2.00. The summed E-state index contributed by atoms with van der Waals surface area (Å²) in [4.78, 5) is 0. The molecule has 0 aliphatic carbocycles. The molecule has 0 bridgehead atoms. The van der Waals surface area contributed by atoms with Crippen LogP contribution in [-0.4, -0.2) is 0 Å². The van der Waals surface area contributed by atoms with Gasteiger partial charge in [0.2, 0.25) is 0 Å². The van der Waals surface area contributed by atoms with Gasteiger partial charge in [-0.2, -0.15) is 0 Å². The molecule has 0 aliphatic rings. The first kappa shape index (κ1) is 27.8. The molecule has 0 saturated heterocycles. The zero-order valence-electron chi connectivity index (χ0n) is 2.45. The van der Waals surface area contributed by atoms with Crippen LogP contribution >= 0.6 is 0 Å². The van der Waals surface area contributed by atoms with Gasteiger partial charge in [0, 0.05) is 0 Å². The topological polar surface area (TPSA) is 0 Å². The predicted octanol–water partition coefficient (Wildman–Crippen LogP) is -5.39. The molecule has 0 fully saturated rings. The maximum absolute atomic E-state index is 4.25. The molecule has 31 valence electrons. The Morgan fingerprint density at radius 1 is 1.00 bits per heavy atom. The normalized spacial score (nSPS) is 0.800. The number of hydrogen-bond donors (Lipinski definition) is 0. The maximum atomic E-state index is 4.25. The average Bonchev–Trinajstić information content (AvgIpc) is 1.00. The summed E-state index contributed by atoms with van der Waals surface area (Å²) in [7, 11) is 0. The van der Waals surface area contributed by atoms with Crippen molar-refractivity contribution in [1.82, 2.24) is 0 Å². The van der Waals surface area contributed by atoms with Crippen molar-refractivity contribution >= 4 is 0 Å². The summed E-state index contributed by atoms with van der Waals surface area (Å²) in [5.74, 6) is 0. The van der Waals surface area contributed by atoms with Crippen molar-refractivity contribution in [3.8, 4) is 0 Å². The minimum atomic E-state index is 0. The van der Waals surface area contributed by atoms with Crippen LogP contribution in [0.5, 0.6) is 0 Å². The quantitative estimate of drug-likeness (QED) is 0.387. The van der Waals surface area contributed by atoms with E-state index in [1.165, 1.54) is 0 Å². The minimum Gasteiger partial charge on any atom is -1.00 e. The van der Waals surface area contributed by atoms with Gasteiger partial charge in [0.05, 0.1) is 0 Å². The van der Waals surface area contributed by atoms with Gasteiger partial charge in [-0.05, 0) is 0 Å². The van der Waals surface area contributed by atoms with Gasteiger partial charge < -0.3 is 40.5 Å². The molecule has 0 atom stereocenters. The molecule has 3 heteroatoms. The SMILES string of the molecule is [Br-].[Br-].[CH-]=C.[Sm+3]. The third-order valence-corrected chi connectivity index (χ3v) is 0. The second-order valence-electron chi connectivity index (χ2n) is 0. The van der Waals surface area contributed by atoms with E-state index in [1.54, 1.807) is 0 Å². The van der Waals surface area contributed by atoms with E-state index in [9.17, 15) is 0 Å². The Kier molecular flexibility index (Phi) is 205. The van der Waals surface area contributed by atoms with Gasteiger partial charge in [0.25, 0.3) is 0 Å². The molecule has 0 aromatic rings. The first-order chi connectivity index (χ1) is 1.00. The van der Waals surface area contributed by atoms with E-state index < -0.39 is 0 Å². The fraction of sp³-hybridized carbons (Fsp3) is 0.